The molecule has 0 aliphatic carbocycles. The second kappa shape index (κ2) is 4.00. The Hall–Kier alpha value is -1.03. The van der Waals surface area contributed by atoms with Crippen molar-refractivity contribution in [3.63, 3.8) is 0 Å². The number of hydrogen-bond donors (Lipinski definition) is 0. The van der Waals surface area contributed by atoms with Gasteiger partial charge < -0.3 is 0 Å². The molecule has 0 saturated heterocycles. The first-order valence-corrected chi connectivity index (χ1v) is 6.23. The van der Waals surface area contributed by atoms with Gasteiger partial charge in [-0.05, 0) is 32.0 Å². The third-order valence-corrected chi connectivity index (χ3v) is 3.13. The second-order valence-corrected chi connectivity index (χ2v) is 5.27. The summed E-state index contributed by atoms with van der Waals surface area (Å²) in [7, 11) is -3.20. The van der Waals surface area contributed by atoms with Gasteiger partial charge in [0.05, 0.1) is 11.9 Å². The molecule has 1 rings (SSSR count). The van der Waals surface area contributed by atoms with Gasteiger partial charge >= 0.3 is 0 Å². The number of rotatable bonds is 3. The topological polar surface area (TPSA) is 37.4 Å². The van der Waals surface area contributed by atoms with E-state index in [4.69, 9.17) is 0 Å². The Kier molecular flexibility index (Phi) is 3.16. The molecule has 0 bridgehead atoms. The van der Waals surface area contributed by atoms with E-state index in [-0.39, 0.29) is 6.04 Å². The molecule has 0 amide bonds. The van der Waals surface area contributed by atoms with Crippen molar-refractivity contribution in [2.24, 2.45) is 0 Å². The molecule has 3 nitrogen and oxygen atoms in total. The van der Waals surface area contributed by atoms with Gasteiger partial charge in [-0.25, -0.2) is 8.42 Å². The van der Waals surface area contributed by atoms with E-state index in [1.54, 1.807) is 24.3 Å². The Bertz CT molecular complexity index is 384. The molecule has 0 aromatic heterocycles. The first kappa shape index (κ1) is 11.0. The summed E-state index contributed by atoms with van der Waals surface area (Å²) in [6.45, 7) is 3.69. The van der Waals surface area contributed by atoms with Gasteiger partial charge in [-0.15, -0.1) is 0 Å². The van der Waals surface area contributed by atoms with Crippen LogP contribution in [-0.4, -0.2) is 20.7 Å². The second-order valence-electron chi connectivity index (χ2n) is 3.41. The molecule has 0 unspecified atom stereocenters. The lowest BCUT2D eigenvalue weighted by atomic mass is 10.3. The monoisotopic (exact) mass is 212 g/mol. The van der Waals surface area contributed by atoms with Crippen molar-refractivity contribution in [3.05, 3.63) is 30.3 Å². The summed E-state index contributed by atoms with van der Waals surface area (Å²) >= 11 is 0. The van der Waals surface area contributed by atoms with E-state index in [0.717, 1.165) is 0 Å². The van der Waals surface area contributed by atoms with Crippen LogP contribution in [0.5, 0.6) is 0 Å². The summed E-state index contributed by atoms with van der Waals surface area (Å²) < 4.78 is 24.4. The third kappa shape index (κ3) is 2.48. The number of hydrogen-bond acceptors (Lipinski definition) is 2. The normalized spacial score (nSPS) is 11.7. The largest absolute Gasteiger partial charge is 0.268 e. The lowest BCUT2D eigenvalue weighted by molar-refractivity contribution is 0.590. The summed E-state index contributed by atoms with van der Waals surface area (Å²) in [5.41, 5.74) is 0.682. The average Bonchev–Trinajstić information content (AvgIpc) is 2.02. The van der Waals surface area contributed by atoms with Crippen LogP contribution in [0.2, 0.25) is 0 Å². The predicted octanol–water partition coefficient (Wildman–Crippen LogP) is 1.66. The van der Waals surface area contributed by atoms with Crippen LogP contribution in [0, 0.1) is 6.07 Å². The number of benzene rings is 1. The van der Waals surface area contributed by atoms with Crippen molar-refractivity contribution < 1.29 is 8.42 Å². The number of sulfonamides is 1. The highest BCUT2D eigenvalue weighted by atomic mass is 32.2. The first-order valence-electron chi connectivity index (χ1n) is 4.38. The van der Waals surface area contributed by atoms with Crippen molar-refractivity contribution in [2.75, 3.05) is 10.6 Å². The molecule has 0 fully saturated rings. The molecule has 14 heavy (non-hydrogen) atoms. The van der Waals surface area contributed by atoms with Crippen LogP contribution >= 0.6 is 0 Å². The Morgan fingerprint density at radius 3 is 2.14 bits per heavy atom. The van der Waals surface area contributed by atoms with Crippen molar-refractivity contribution in [2.45, 2.75) is 19.9 Å². The summed E-state index contributed by atoms with van der Waals surface area (Å²) in [5, 5.41) is 0. The van der Waals surface area contributed by atoms with E-state index in [2.05, 4.69) is 6.07 Å². The van der Waals surface area contributed by atoms with Gasteiger partial charge in [0.25, 0.3) is 0 Å². The van der Waals surface area contributed by atoms with Gasteiger partial charge in [0.2, 0.25) is 10.0 Å². The van der Waals surface area contributed by atoms with E-state index < -0.39 is 10.0 Å². The highest BCUT2D eigenvalue weighted by Crippen LogP contribution is 2.19. The quantitative estimate of drug-likeness (QED) is 0.764. The van der Waals surface area contributed by atoms with E-state index in [9.17, 15) is 8.42 Å². The standard InChI is InChI=1S/C10H14NO2S/c1-9(2)11(14(3,12)13)10-7-5-4-6-8-10/h5-9H,1-3H3. The molecule has 0 saturated carbocycles. The van der Waals surface area contributed by atoms with Crippen LogP contribution in [0.25, 0.3) is 0 Å². The zero-order chi connectivity index (χ0) is 10.8. The number of anilines is 1. The van der Waals surface area contributed by atoms with Gasteiger partial charge in [0, 0.05) is 6.04 Å². The Labute approximate surface area is 85.4 Å². The van der Waals surface area contributed by atoms with Crippen LogP contribution in [-0.2, 0) is 10.0 Å². The van der Waals surface area contributed by atoms with Gasteiger partial charge in [0.15, 0.2) is 0 Å². The SMILES string of the molecule is CC(C)N(c1cc[c]cc1)S(C)(=O)=O. The minimum atomic E-state index is -3.20. The highest BCUT2D eigenvalue weighted by molar-refractivity contribution is 7.92. The molecule has 0 atom stereocenters. The van der Waals surface area contributed by atoms with Gasteiger partial charge in [0.1, 0.15) is 0 Å². The van der Waals surface area contributed by atoms with E-state index >= 15 is 0 Å². The highest BCUT2D eigenvalue weighted by Gasteiger charge is 2.19. The smallest absolute Gasteiger partial charge is 0.232 e. The maximum atomic E-state index is 11.5. The molecular weight excluding hydrogens is 198 g/mol. The Morgan fingerprint density at radius 1 is 1.29 bits per heavy atom. The molecule has 0 heterocycles. The summed E-state index contributed by atoms with van der Waals surface area (Å²) in [5.74, 6) is 0. The lowest BCUT2D eigenvalue weighted by Crippen LogP contribution is -2.35. The molecule has 4 heteroatoms. The lowest BCUT2D eigenvalue weighted by Gasteiger charge is -2.26. The zero-order valence-electron chi connectivity index (χ0n) is 8.56. The summed E-state index contributed by atoms with van der Waals surface area (Å²) in [6.07, 6.45) is 1.21. The fourth-order valence-electron chi connectivity index (χ4n) is 1.40. The van der Waals surface area contributed by atoms with Crippen LogP contribution in [0.15, 0.2) is 24.3 Å². The molecule has 0 aliphatic rings. The molecule has 1 aromatic carbocycles. The van der Waals surface area contributed by atoms with E-state index in [1.165, 1.54) is 10.6 Å². The van der Waals surface area contributed by atoms with E-state index in [1.807, 2.05) is 13.8 Å². The van der Waals surface area contributed by atoms with Crippen LogP contribution in [0.1, 0.15) is 13.8 Å². The molecule has 1 aromatic rings. The molecule has 0 aliphatic heterocycles. The van der Waals surface area contributed by atoms with Crippen molar-refractivity contribution in [1.29, 1.82) is 0 Å². The van der Waals surface area contributed by atoms with Crippen molar-refractivity contribution in [1.82, 2.24) is 0 Å². The molecule has 0 N–H and O–H groups in total. The number of nitrogens with zero attached hydrogens (tertiary/aromatic N) is 1. The maximum absolute atomic E-state index is 11.5. The Morgan fingerprint density at radius 2 is 1.79 bits per heavy atom. The van der Waals surface area contributed by atoms with E-state index in [0.29, 0.717) is 5.69 Å². The first-order chi connectivity index (χ1) is 6.43. The van der Waals surface area contributed by atoms with Crippen LogP contribution in [0.3, 0.4) is 0 Å². The van der Waals surface area contributed by atoms with Crippen molar-refractivity contribution in [3.8, 4) is 0 Å². The van der Waals surface area contributed by atoms with Gasteiger partial charge in [-0.3, -0.25) is 4.31 Å². The average molecular weight is 212 g/mol. The van der Waals surface area contributed by atoms with Gasteiger partial charge in [-0.1, -0.05) is 12.1 Å². The summed E-state index contributed by atoms with van der Waals surface area (Å²) in [6, 6.07) is 9.66. The zero-order valence-corrected chi connectivity index (χ0v) is 9.38. The fourth-order valence-corrected chi connectivity index (χ4v) is 2.67. The maximum Gasteiger partial charge on any atom is 0.232 e. The third-order valence-electron chi connectivity index (χ3n) is 1.78. The predicted molar refractivity (Wildman–Crippen MR) is 57.7 cm³/mol. The molecule has 0 spiro atoms. The van der Waals surface area contributed by atoms with Crippen molar-refractivity contribution >= 4 is 15.7 Å². The fraction of sp³-hybridized carbons (Fsp3) is 0.400. The molecular formula is C10H14NO2S. The van der Waals surface area contributed by atoms with Crippen LogP contribution < -0.4 is 4.31 Å². The van der Waals surface area contributed by atoms with Gasteiger partial charge in [-0.2, -0.15) is 0 Å². The summed E-state index contributed by atoms with van der Waals surface area (Å²) in [4.78, 5) is 0. The molecule has 1 radical (unpaired) electrons. The minimum absolute atomic E-state index is 0.0765. The minimum Gasteiger partial charge on any atom is -0.268 e. The van der Waals surface area contributed by atoms with Crippen LogP contribution in [0.4, 0.5) is 5.69 Å². The molecule has 77 valence electrons. The Balaban J connectivity index is 3.15.